The lowest BCUT2D eigenvalue weighted by Gasteiger charge is -2.09. The molecule has 1 rings (SSSR count). The van der Waals surface area contributed by atoms with Crippen molar-refractivity contribution in [1.82, 2.24) is 4.72 Å². The molecule has 17 heavy (non-hydrogen) atoms. The molecule has 4 nitrogen and oxygen atoms in total. The van der Waals surface area contributed by atoms with E-state index in [1.54, 1.807) is 0 Å². The summed E-state index contributed by atoms with van der Waals surface area (Å²) in [6.45, 7) is 2.10. The number of benzene rings is 1. The van der Waals surface area contributed by atoms with Crippen molar-refractivity contribution in [3.63, 3.8) is 0 Å². The van der Waals surface area contributed by atoms with E-state index in [9.17, 15) is 12.8 Å². The molecule has 0 radical (unpaired) electrons. The maximum Gasteiger partial charge on any atom is 0.240 e. The van der Waals surface area contributed by atoms with Crippen molar-refractivity contribution in [2.24, 2.45) is 5.73 Å². The third kappa shape index (κ3) is 3.38. The van der Waals surface area contributed by atoms with E-state index < -0.39 is 15.8 Å². The Balaban J connectivity index is 3.19. The Labute approximate surface area is 105 Å². The van der Waals surface area contributed by atoms with Crippen LogP contribution in [0.15, 0.2) is 17.0 Å². The predicted octanol–water partition coefficient (Wildman–Crippen LogP) is 1.63. The Bertz CT molecular complexity index is 505. The molecule has 96 valence electrons. The van der Waals surface area contributed by atoms with Gasteiger partial charge in [0.05, 0.1) is 9.92 Å². The van der Waals surface area contributed by atoms with Gasteiger partial charge in [-0.3, -0.25) is 0 Å². The molecular weight excluding hydrogens is 267 g/mol. The highest BCUT2D eigenvalue weighted by atomic mass is 35.5. The van der Waals surface area contributed by atoms with Gasteiger partial charge < -0.3 is 5.73 Å². The first-order valence-electron chi connectivity index (χ1n) is 5.10. The van der Waals surface area contributed by atoms with Crippen LogP contribution in [0.3, 0.4) is 0 Å². The normalized spacial score (nSPS) is 11.8. The molecule has 1 aromatic carbocycles. The number of rotatable bonds is 5. The number of hydrogen-bond acceptors (Lipinski definition) is 3. The molecule has 0 saturated carbocycles. The zero-order valence-electron chi connectivity index (χ0n) is 9.33. The SMILES string of the molecule is CCCNS(=O)(=O)c1cc(F)c(Cl)c(CN)c1. The molecule has 0 aliphatic carbocycles. The van der Waals surface area contributed by atoms with Crippen LogP contribution in [0.1, 0.15) is 18.9 Å². The van der Waals surface area contributed by atoms with Crippen molar-refractivity contribution >= 4 is 21.6 Å². The molecule has 7 heteroatoms. The van der Waals surface area contributed by atoms with Crippen LogP contribution >= 0.6 is 11.6 Å². The first-order chi connectivity index (χ1) is 7.92. The van der Waals surface area contributed by atoms with E-state index in [1.165, 1.54) is 6.07 Å². The Morgan fingerprint density at radius 1 is 1.47 bits per heavy atom. The summed E-state index contributed by atoms with van der Waals surface area (Å²) >= 11 is 5.65. The number of hydrogen-bond donors (Lipinski definition) is 2. The fourth-order valence-electron chi connectivity index (χ4n) is 1.24. The summed E-state index contributed by atoms with van der Waals surface area (Å²) in [6.07, 6.45) is 0.652. The molecule has 3 N–H and O–H groups in total. The van der Waals surface area contributed by atoms with E-state index in [-0.39, 0.29) is 22.0 Å². The molecule has 0 saturated heterocycles. The predicted molar refractivity (Wildman–Crippen MR) is 64.8 cm³/mol. The smallest absolute Gasteiger partial charge is 0.240 e. The summed E-state index contributed by atoms with van der Waals surface area (Å²) in [7, 11) is -3.70. The van der Waals surface area contributed by atoms with Crippen LogP contribution in [0, 0.1) is 5.82 Å². The summed E-state index contributed by atoms with van der Waals surface area (Å²) in [6, 6.07) is 2.17. The standard InChI is InChI=1S/C10H14ClFN2O2S/c1-2-3-14-17(15,16)8-4-7(6-13)10(11)9(12)5-8/h4-5,14H,2-3,6,13H2,1H3. The van der Waals surface area contributed by atoms with Gasteiger partial charge >= 0.3 is 0 Å². The zero-order chi connectivity index (χ0) is 13.1. The highest BCUT2D eigenvalue weighted by molar-refractivity contribution is 7.89. The van der Waals surface area contributed by atoms with Gasteiger partial charge in [0.1, 0.15) is 5.82 Å². The molecule has 1 aromatic rings. The van der Waals surface area contributed by atoms with Crippen molar-refractivity contribution in [3.8, 4) is 0 Å². The third-order valence-electron chi connectivity index (χ3n) is 2.15. The highest BCUT2D eigenvalue weighted by Crippen LogP contribution is 2.23. The number of sulfonamides is 1. The molecule has 0 unspecified atom stereocenters. The molecule has 0 aliphatic rings. The van der Waals surface area contributed by atoms with Crippen LogP contribution in [0.2, 0.25) is 5.02 Å². The number of nitrogens with two attached hydrogens (primary N) is 1. The van der Waals surface area contributed by atoms with Gasteiger partial charge in [-0.15, -0.1) is 0 Å². The van der Waals surface area contributed by atoms with Gasteiger partial charge in [0, 0.05) is 13.1 Å². The van der Waals surface area contributed by atoms with Crippen LogP contribution in [0.25, 0.3) is 0 Å². The lowest BCUT2D eigenvalue weighted by atomic mass is 10.2. The third-order valence-corrected chi connectivity index (χ3v) is 4.01. The lowest BCUT2D eigenvalue weighted by molar-refractivity contribution is 0.576. The second-order valence-corrected chi connectivity index (χ2v) is 5.63. The first kappa shape index (κ1) is 14.4. The average Bonchev–Trinajstić information content (AvgIpc) is 2.29. The summed E-state index contributed by atoms with van der Waals surface area (Å²) in [5.74, 6) is -0.786. The van der Waals surface area contributed by atoms with Crippen LogP contribution in [0.4, 0.5) is 4.39 Å². The van der Waals surface area contributed by atoms with Crippen LogP contribution in [0.5, 0.6) is 0 Å². The molecule has 0 fully saturated rings. The van der Waals surface area contributed by atoms with Crippen molar-refractivity contribution in [2.45, 2.75) is 24.8 Å². The summed E-state index contributed by atoms with van der Waals surface area (Å²) < 4.78 is 39.3. The van der Waals surface area contributed by atoms with Gasteiger partial charge in [-0.1, -0.05) is 18.5 Å². The number of halogens is 2. The second-order valence-electron chi connectivity index (χ2n) is 3.48. The molecule has 0 atom stereocenters. The average molecular weight is 281 g/mol. The van der Waals surface area contributed by atoms with Crippen LogP contribution in [-0.4, -0.2) is 15.0 Å². The Kier molecular flexibility index (Phi) is 4.88. The summed E-state index contributed by atoms with van der Waals surface area (Å²) in [5.41, 5.74) is 5.63. The minimum Gasteiger partial charge on any atom is -0.326 e. The van der Waals surface area contributed by atoms with Crippen molar-refractivity contribution < 1.29 is 12.8 Å². The molecule has 0 heterocycles. The Hall–Kier alpha value is -0.690. The molecule has 0 aromatic heterocycles. The quantitative estimate of drug-likeness (QED) is 0.861. The number of nitrogens with one attached hydrogen (secondary N) is 1. The molecule has 0 aliphatic heterocycles. The fraction of sp³-hybridized carbons (Fsp3) is 0.400. The van der Waals surface area contributed by atoms with Crippen LogP contribution < -0.4 is 10.5 Å². The maximum atomic E-state index is 13.4. The lowest BCUT2D eigenvalue weighted by Crippen LogP contribution is -2.24. The van der Waals surface area contributed by atoms with E-state index in [4.69, 9.17) is 17.3 Å². The van der Waals surface area contributed by atoms with Gasteiger partial charge in [-0.25, -0.2) is 17.5 Å². The van der Waals surface area contributed by atoms with Crippen molar-refractivity contribution in [1.29, 1.82) is 0 Å². The van der Waals surface area contributed by atoms with E-state index in [0.717, 1.165) is 6.07 Å². The van der Waals surface area contributed by atoms with Gasteiger partial charge in [-0.05, 0) is 24.1 Å². The van der Waals surface area contributed by atoms with E-state index in [0.29, 0.717) is 13.0 Å². The van der Waals surface area contributed by atoms with E-state index >= 15 is 0 Å². The monoisotopic (exact) mass is 280 g/mol. The minimum atomic E-state index is -3.70. The summed E-state index contributed by atoms with van der Waals surface area (Å²) in [5, 5.41) is -0.137. The highest BCUT2D eigenvalue weighted by Gasteiger charge is 2.17. The van der Waals surface area contributed by atoms with E-state index in [2.05, 4.69) is 4.72 Å². The topological polar surface area (TPSA) is 72.2 Å². The molecule has 0 spiro atoms. The summed E-state index contributed by atoms with van der Waals surface area (Å²) in [4.78, 5) is -0.159. The maximum absolute atomic E-state index is 13.4. The van der Waals surface area contributed by atoms with Gasteiger partial charge in [0.15, 0.2) is 0 Å². The molecule has 0 bridgehead atoms. The van der Waals surface area contributed by atoms with Gasteiger partial charge in [0.2, 0.25) is 10.0 Å². The zero-order valence-corrected chi connectivity index (χ0v) is 10.9. The van der Waals surface area contributed by atoms with Crippen molar-refractivity contribution in [2.75, 3.05) is 6.54 Å². The van der Waals surface area contributed by atoms with E-state index in [1.807, 2.05) is 6.92 Å². The van der Waals surface area contributed by atoms with Gasteiger partial charge in [0.25, 0.3) is 0 Å². The Morgan fingerprint density at radius 2 is 2.12 bits per heavy atom. The van der Waals surface area contributed by atoms with Gasteiger partial charge in [-0.2, -0.15) is 0 Å². The Morgan fingerprint density at radius 3 is 2.65 bits per heavy atom. The second kappa shape index (κ2) is 5.77. The fourth-order valence-corrected chi connectivity index (χ4v) is 2.62. The van der Waals surface area contributed by atoms with Crippen LogP contribution in [-0.2, 0) is 16.6 Å². The molecule has 0 amide bonds. The van der Waals surface area contributed by atoms with Crippen molar-refractivity contribution in [3.05, 3.63) is 28.5 Å². The largest absolute Gasteiger partial charge is 0.326 e. The molecular formula is C10H14ClFN2O2S. The first-order valence-corrected chi connectivity index (χ1v) is 6.96. The minimum absolute atomic E-state index is 0.0209.